The monoisotopic (exact) mass is 285 g/mol. The molecule has 0 fully saturated rings. The maximum atomic E-state index is 11.9. The number of carbonyl (C=O) groups excluding carboxylic acids is 1. The number of aromatic nitrogens is 1. The van der Waals surface area contributed by atoms with Gasteiger partial charge in [0.15, 0.2) is 0 Å². The van der Waals surface area contributed by atoms with Crippen molar-refractivity contribution in [3.8, 4) is 0 Å². The summed E-state index contributed by atoms with van der Waals surface area (Å²) in [5.41, 5.74) is 7.35. The van der Waals surface area contributed by atoms with Gasteiger partial charge in [-0.1, -0.05) is 12.1 Å². The molecule has 0 spiro atoms. The van der Waals surface area contributed by atoms with Crippen LogP contribution < -0.4 is 11.1 Å². The van der Waals surface area contributed by atoms with Crippen molar-refractivity contribution in [2.45, 2.75) is 12.5 Å². The Morgan fingerprint density at radius 1 is 1.24 bits per heavy atom. The zero-order chi connectivity index (χ0) is 15.2. The second-order valence-corrected chi connectivity index (χ2v) is 4.54. The highest BCUT2D eigenvalue weighted by atomic mass is 16.4. The molecule has 1 atom stereocenters. The van der Waals surface area contributed by atoms with Gasteiger partial charge in [-0.15, -0.1) is 0 Å². The largest absolute Gasteiger partial charge is 0.480 e. The molecule has 0 aliphatic heterocycles. The van der Waals surface area contributed by atoms with Crippen molar-refractivity contribution in [3.63, 3.8) is 0 Å². The van der Waals surface area contributed by atoms with Gasteiger partial charge < -0.3 is 16.2 Å². The highest BCUT2D eigenvalue weighted by Gasteiger charge is 2.12. The molecule has 0 saturated heterocycles. The summed E-state index contributed by atoms with van der Waals surface area (Å²) in [6, 6.07) is 9.31. The average Bonchev–Trinajstić information content (AvgIpc) is 2.50. The number of carbonyl (C=O) groups is 2. The Labute approximate surface area is 121 Å². The second kappa shape index (κ2) is 6.62. The van der Waals surface area contributed by atoms with Gasteiger partial charge in [-0.05, 0) is 36.2 Å². The number of rotatable bonds is 5. The van der Waals surface area contributed by atoms with Crippen LogP contribution in [-0.2, 0) is 11.2 Å². The van der Waals surface area contributed by atoms with Crippen molar-refractivity contribution in [3.05, 3.63) is 59.9 Å². The molecule has 1 aromatic heterocycles. The summed E-state index contributed by atoms with van der Waals surface area (Å²) in [7, 11) is 0. The molecule has 2 rings (SSSR count). The number of amides is 1. The molecule has 0 aliphatic rings. The predicted molar refractivity (Wildman–Crippen MR) is 77.9 cm³/mol. The molecule has 1 amide bonds. The van der Waals surface area contributed by atoms with Crippen LogP contribution in [0.4, 0.5) is 5.69 Å². The molecule has 6 nitrogen and oxygen atoms in total. The van der Waals surface area contributed by atoms with Gasteiger partial charge in [0, 0.05) is 18.1 Å². The molecule has 1 aromatic carbocycles. The van der Waals surface area contributed by atoms with E-state index >= 15 is 0 Å². The fraction of sp³-hybridized carbons (Fsp3) is 0.133. The van der Waals surface area contributed by atoms with E-state index in [1.165, 1.54) is 6.20 Å². The van der Waals surface area contributed by atoms with Crippen molar-refractivity contribution in [1.29, 1.82) is 0 Å². The Morgan fingerprint density at radius 3 is 2.52 bits per heavy atom. The molecule has 21 heavy (non-hydrogen) atoms. The molecule has 0 aliphatic carbocycles. The lowest BCUT2D eigenvalue weighted by Gasteiger charge is -2.08. The van der Waals surface area contributed by atoms with E-state index < -0.39 is 12.0 Å². The predicted octanol–water partition coefficient (Wildman–Crippen LogP) is 1.29. The molecule has 0 saturated carbocycles. The summed E-state index contributed by atoms with van der Waals surface area (Å²) in [5, 5.41) is 11.5. The number of pyridine rings is 1. The first kappa shape index (κ1) is 14.7. The van der Waals surface area contributed by atoms with Gasteiger partial charge in [-0.3, -0.25) is 14.6 Å². The van der Waals surface area contributed by atoms with E-state index in [9.17, 15) is 9.59 Å². The number of benzene rings is 1. The highest BCUT2D eigenvalue weighted by molar-refractivity contribution is 6.03. The lowest BCUT2D eigenvalue weighted by molar-refractivity contribution is -0.138. The lowest BCUT2D eigenvalue weighted by atomic mass is 10.1. The number of aliphatic carboxylic acids is 1. The number of anilines is 1. The van der Waals surface area contributed by atoms with Crippen LogP contribution in [0.2, 0.25) is 0 Å². The first-order valence-electron chi connectivity index (χ1n) is 6.35. The van der Waals surface area contributed by atoms with Crippen molar-refractivity contribution >= 4 is 17.6 Å². The summed E-state index contributed by atoms with van der Waals surface area (Å²) in [5.74, 6) is -1.29. The second-order valence-electron chi connectivity index (χ2n) is 4.54. The van der Waals surface area contributed by atoms with Crippen LogP contribution in [0.15, 0.2) is 48.8 Å². The Hall–Kier alpha value is -2.73. The van der Waals surface area contributed by atoms with Crippen molar-refractivity contribution in [1.82, 2.24) is 4.98 Å². The standard InChI is InChI=1S/C15H15N3O3/c16-13(15(20)21)8-10-3-5-12(6-4-10)18-14(19)11-2-1-7-17-9-11/h1-7,9,13H,8,16H2,(H,18,19)(H,20,21)/t13-/m0/s1. The molecule has 0 radical (unpaired) electrons. The fourth-order valence-corrected chi connectivity index (χ4v) is 1.77. The molecule has 0 bridgehead atoms. The molecule has 2 aromatic rings. The molecular formula is C15H15N3O3. The van der Waals surface area contributed by atoms with Crippen molar-refractivity contribution in [2.24, 2.45) is 5.73 Å². The number of nitrogens with zero attached hydrogens (tertiary/aromatic N) is 1. The van der Waals surface area contributed by atoms with E-state index in [0.29, 0.717) is 11.3 Å². The van der Waals surface area contributed by atoms with E-state index in [0.717, 1.165) is 5.56 Å². The third kappa shape index (κ3) is 4.12. The molecule has 0 unspecified atom stereocenters. The van der Waals surface area contributed by atoms with E-state index in [1.807, 2.05) is 0 Å². The molecular weight excluding hydrogens is 270 g/mol. The normalized spacial score (nSPS) is 11.7. The average molecular weight is 285 g/mol. The zero-order valence-electron chi connectivity index (χ0n) is 11.2. The van der Waals surface area contributed by atoms with E-state index in [2.05, 4.69) is 10.3 Å². The van der Waals surface area contributed by atoms with Crippen LogP contribution in [0.25, 0.3) is 0 Å². The number of carboxylic acids is 1. The van der Waals surface area contributed by atoms with E-state index in [4.69, 9.17) is 10.8 Å². The number of nitrogens with two attached hydrogens (primary N) is 1. The van der Waals surface area contributed by atoms with Gasteiger partial charge in [0.1, 0.15) is 6.04 Å². The summed E-state index contributed by atoms with van der Waals surface area (Å²) < 4.78 is 0. The maximum Gasteiger partial charge on any atom is 0.320 e. The number of hydrogen-bond donors (Lipinski definition) is 3. The first-order valence-corrected chi connectivity index (χ1v) is 6.35. The van der Waals surface area contributed by atoms with Crippen LogP contribution in [0.5, 0.6) is 0 Å². The Bertz CT molecular complexity index is 626. The minimum absolute atomic E-state index is 0.242. The van der Waals surface area contributed by atoms with Gasteiger partial charge in [0.05, 0.1) is 5.56 Å². The third-order valence-corrected chi connectivity index (χ3v) is 2.91. The van der Waals surface area contributed by atoms with E-state index in [1.54, 1.807) is 42.6 Å². The third-order valence-electron chi connectivity index (χ3n) is 2.91. The Balaban J connectivity index is 2.00. The minimum atomic E-state index is -1.04. The summed E-state index contributed by atoms with van der Waals surface area (Å²) >= 11 is 0. The van der Waals surface area contributed by atoms with Gasteiger partial charge in [0.2, 0.25) is 0 Å². The molecule has 1 heterocycles. The molecule has 6 heteroatoms. The SMILES string of the molecule is N[C@@H](Cc1ccc(NC(=O)c2cccnc2)cc1)C(=O)O. The van der Waals surface area contributed by atoms with Crippen LogP contribution in [0, 0.1) is 0 Å². The van der Waals surface area contributed by atoms with Gasteiger partial charge in [-0.25, -0.2) is 0 Å². The quantitative estimate of drug-likeness (QED) is 0.767. The fourth-order valence-electron chi connectivity index (χ4n) is 1.77. The smallest absolute Gasteiger partial charge is 0.320 e. The van der Waals surface area contributed by atoms with Crippen molar-refractivity contribution in [2.75, 3.05) is 5.32 Å². The zero-order valence-corrected chi connectivity index (χ0v) is 11.2. The topological polar surface area (TPSA) is 105 Å². The Kier molecular flexibility index (Phi) is 4.63. The summed E-state index contributed by atoms with van der Waals surface area (Å²) in [6.45, 7) is 0. The lowest BCUT2D eigenvalue weighted by Crippen LogP contribution is -2.32. The highest BCUT2D eigenvalue weighted by Crippen LogP contribution is 2.12. The van der Waals surface area contributed by atoms with Gasteiger partial charge >= 0.3 is 5.97 Å². The van der Waals surface area contributed by atoms with Crippen LogP contribution >= 0.6 is 0 Å². The maximum absolute atomic E-state index is 11.9. The minimum Gasteiger partial charge on any atom is -0.480 e. The number of carboxylic acid groups (broad SMARTS) is 1. The number of hydrogen-bond acceptors (Lipinski definition) is 4. The molecule has 4 N–H and O–H groups in total. The Morgan fingerprint density at radius 2 is 1.95 bits per heavy atom. The van der Waals surface area contributed by atoms with Crippen LogP contribution in [0.1, 0.15) is 15.9 Å². The van der Waals surface area contributed by atoms with Gasteiger partial charge in [-0.2, -0.15) is 0 Å². The van der Waals surface area contributed by atoms with Gasteiger partial charge in [0.25, 0.3) is 5.91 Å². The van der Waals surface area contributed by atoms with E-state index in [-0.39, 0.29) is 12.3 Å². The van der Waals surface area contributed by atoms with Crippen LogP contribution in [0.3, 0.4) is 0 Å². The molecule has 108 valence electrons. The number of nitrogens with one attached hydrogen (secondary N) is 1. The van der Waals surface area contributed by atoms with Crippen molar-refractivity contribution < 1.29 is 14.7 Å². The first-order chi connectivity index (χ1) is 10.1. The summed E-state index contributed by atoms with van der Waals surface area (Å²) in [6.07, 6.45) is 3.32. The summed E-state index contributed by atoms with van der Waals surface area (Å²) in [4.78, 5) is 26.5. The van der Waals surface area contributed by atoms with Crippen LogP contribution in [-0.4, -0.2) is 28.0 Å².